The van der Waals surface area contributed by atoms with E-state index in [-0.39, 0.29) is 29.7 Å². The number of nitrogens with one attached hydrogen (secondary N) is 1. The molecule has 17 nitrogen and oxygen atoms in total. The number of esters is 3. The smallest absolute Gasteiger partial charge is 0.410 e. The van der Waals surface area contributed by atoms with E-state index in [9.17, 15) is 48.1 Å². The highest BCUT2D eigenvalue weighted by atomic mass is 19.3. The molecule has 2 saturated carbocycles. The second-order valence-corrected chi connectivity index (χ2v) is 17.8. The largest absolute Gasteiger partial charge is 0.456 e. The molecule has 2 amide bonds. The number of benzene rings is 1. The molecule has 1 aromatic carbocycles. The van der Waals surface area contributed by atoms with E-state index >= 15 is 4.79 Å². The molecule has 3 fully saturated rings. The molecule has 1 saturated heterocycles. The first-order valence-electron chi connectivity index (χ1n) is 19.4. The Morgan fingerprint density at radius 1 is 1.02 bits per heavy atom. The molecule has 0 unspecified atom stereocenters. The zero-order valence-electron chi connectivity index (χ0n) is 35.1. The fourth-order valence-corrected chi connectivity index (χ4v) is 9.14. The van der Waals surface area contributed by atoms with E-state index in [4.69, 9.17) is 28.4 Å². The maximum atomic E-state index is 15.5. The van der Waals surface area contributed by atoms with Gasteiger partial charge in [0.15, 0.2) is 23.6 Å². The summed E-state index contributed by atoms with van der Waals surface area (Å²) in [5.74, 6) is -6.20. The van der Waals surface area contributed by atoms with E-state index in [1.807, 2.05) is 0 Å². The second kappa shape index (κ2) is 16.3. The Balaban J connectivity index is 1.75. The fourth-order valence-electron chi connectivity index (χ4n) is 9.14. The second-order valence-electron chi connectivity index (χ2n) is 17.8. The third kappa shape index (κ3) is 7.96. The number of hydrogen-bond acceptors (Lipinski definition) is 15. The maximum Gasteiger partial charge on any atom is 0.410 e. The lowest BCUT2D eigenvalue weighted by Crippen LogP contribution is -2.82. The predicted octanol–water partition coefficient (Wildman–Crippen LogP) is 2.86. The van der Waals surface area contributed by atoms with E-state index in [1.165, 1.54) is 74.7 Å². The molecule has 2 bridgehead atoms. The number of alkyl carbamates (subject to hydrolysis) is 1. The van der Waals surface area contributed by atoms with Crippen LogP contribution >= 0.6 is 0 Å². The molecule has 4 aliphatic rings. The van der Waals surface area contributed by atoms with Gasteiger partial charge in [0, 0.05) is 39.3 Å². The molecule has 0 radical (unpaired) electrons. The summed E-state index contributed by atoms with van der Waals surface area (Å²) in [4.78, 5) is 83.2. The van der Waals surface area contributed by atoms with Crippen LogP contribution in [0, 0.1) is 16.7 Å². The average molecular weight is 853 g/mol. The first kappa shape index (κ1) is 46.3. The SMILES string of the molecule is CC(=O)O[C@@]12CO[C@@H]1C[C@H](O)[C@@]1(C)C(=O)[C@H](OC(=O)N(C)C)C3=C(C)[C@@H](OC(=O)[C@H](O)[C@@H](NC(=O)OC(C)(C)C)C(F)F)C[C@@](O)([C@@H](OC(=O)c4ccccc4)[C@H]21)C3(C)C. The molecule has 4 N–H and O–H groups in total. The van der Waals surface area contributed by atoms with Gasteiger partial charge < -0.3 is 54.0 Å². The normalized spacial score (nSPS) is 33.0. The first-order chi connectivity index (χ1) is 27.6. The summed E-state index contributed by atoms with van der Waals surface area (Å²) in [7, 11) is 2.67. The van der Waals surface area contributed by atoms with Crippen molar-refractivity contribution in [1.82, 2.24) is 10.2 Å². The number of ether oxygens (including phenoxy) is 6. The van der Waals surface area contributed by atoms with Crippen LogP contribution in [0.3, 0.4) is 0 Å². The number of aliphatic hydroxyl groups is 3. The van der Waals surface area contributed by atoms with Gasteiger partial charge in [-0.25, -0.2) is 28.0 Å². The number of carbonyl (C=O) groups excluding carboxylic acids is 6. The van der Waals surface area contributed by atoms with Gasteiger partial charge in [-0.3, -0.25) is 9.59 Å². The lowest BCUT2D eigenvalue weighted by molar-refractivity contribution is -0.345. The number of fused-ring (bicyclic) bond motifs is 5. The molecule has 11 atom stereocenters. The third-order valence-electron chi connectivity index (χ3n) is 12.3. The highest BCUT2D eigenvalue weighted by molar-refractivity contribution is 5.95. The van der Waals surface area contributed by atoms with E-state index in [1.54, 1.807) is 23.5 Å². The Hall–Kier alpha value is -4.72. The van der Waals surface area contributed by atoms with Crippen molar-refractivity contribution in [1.29, 1.82) is 0 Å². The van der Waals surface area contributed by atoms with Crippen LogP contribution in [0.4, 0.5) is 18.4 Å². The lowest BCUT2D eigenvalue weighted by atomic mass is 9.44. The van der Waals surface area contributed by atoms with Crippen molar-refractivity contribution in [2.75, 3.05) is 20.7 Å². The monoisotopic (exact) mass is 852 g/mol. The van der Waals surface area contributed by atoms with Gasteiger partial charge in [-0.1, -0.05) is 32.0 Å². The predicted molar refractivity (Wildman–Crippen MR) is 202 cm³/mol. The molecule has 60 heavy (non-hydrogen) atoms. The molecule has 0 spiro atoms. The highest BCUT2D eigenvalue weighted by Crippen LogP contribution is 2.64. The number of halogens is 2. The number of alkyl halides is 2. The molecule has 3 aliphatic carbocycles. The number of aliphatic hydroxyl groups excluding tert-OH is 2. The molecule has 1 aromatic rings. The Morgan fingerprint density at radius 2 is 1.63 bits per heavy atom. The zero-order valence-corrected chi connectivity index (χ0v) is 35.1. The fraction of sp³-hybridized carbons (Fsp3) is 0.659. The summed E-state index contributed by atoms with van der Waals surface area (Å²) in [6.45, 7) is 10.7. The van der Waals surface area contributed by atoms with Crippen molar-refractivity contribution in [2.45, 2.75) is 134 Å². The summed E-state index contributed by atoms with van der Waals surface area (Å²) >= 11 is 0. The molecular weight excluding hydrogens is 798 g/mol. The van der Waals surface area contributed by atoms with E-state index in [0.29, 0.717) is 0 Å². The lowest BCUT2D eigenvalue weighted by Gasteiger charge is -2.67. The molecule has 19 heteroatoms. The minimum Gasteiger partial charge on any atom is -0.456 e. The van der Waals surface area contributed by atoms with Gasteiger partial charge in [0.25, 0.3) is 6.43 Å². The molecule has 332 valence electrons. The van der Waals surface area contributed by atoms with Gasteiger partial charge in [0.2, 0.25) is 0 Å². The van der Waals surface area contributed by atoms with Crippen LogP contribution in [-0.4, -0.2) is 143 Å². The van der Waals surface area contributed by atoms with Crippen molar-refractivity contribution in [3.63, 3.8) is 0 Å². The third-order valence-corrected chi connectivity index (χ3v) is 12.3. The van der Waals surface area contributed by atoms with E-state index in [2.05, 4.69) is 0 Å². The summed E-state index contributed by atoms with van der Waals surface area (Å²) in [6.07, 6.45) is -18.1. The Morgan fingerprint density at radius 3 is 2.15 bits per heavy atom. The number of ketones is 1. The van der Waals surface area contributed by atoms with Crippen molar-refractivity contribution in [3.8, 4) is 0 Å². The average Bonchev–Trinajstić information content (AvgIpc) is 3.13. The number of amides is 2. The Labute approximate surface area is 345 Å². The van der Waals surface area contributed by atoms with Crippen LogP contribution in [0.2, 0.25) is 0 Å². The van der Waals surface area contributed by atoms with Crippen LogP contribution in [0.5, 0.6) is 0 Å². The zero-order chi connectivity index (χ0) is 45.1. The maximum absolute atomic E-state index is 15.5. The minimum absolute atomic E-state index is 0.00419. The summed E-state index contributed by atoms with van der Waals surface area (Å²) in [6, 6.07) is 5.01. The quantitative estimate of drug-likeness (QED) is 0.159. The molecule has 0 aromatic heterocycles. The molecule has 1 heterocycles. The van der Waals surface area contributed by atoms with Gasteiger partial charge in [0.05, 0.1) is 29.6 Å². The van der Waals surface area contributed by atoms with Crippen LogP contribution in [0.1, 0.15) is 78.6 Å². The number of carbonyl (C=O) groups is 6. The number of hydrogen-bond donors (Lipinski definition) is 4. The van der Waals surface area contributed by atoms with Gasteiger partial charge in [-0.15, -0.1) is 0 Å². The molecule has 1 aliphatic heterocycles. The van der Waals surface area contributed by atoms with Crippen LogP contribution in [0.15, 0.2) is 41.5 Å². The Kier molecular flexibility index (Phi) is 12.6. The summed E-state index contributed by atoms with van der Waals surface area (Å²) in [5.41, 5.74) is -9.69. The van der Waals surface area contributed by atoms with E-state index < -0.39 is 125 Å². The number of nitrogens with zero attached hydrogens (tertiary/aromatic N) is 1. The first-order valence-corrected chi connectivity index (χ1v) is 19.4. The van der Waals surface area contributed by atoms with Gasteiger partial charge >= 0.3 is 30.1 Å². The highest BCUT2D eigenvalue weighted by Gasteiger charge is 2.78. The van der Waals surface area contributed by atoms with Gasteiger partial charge in [-0.05, 0) is 57.9 Å². The van der Waals surface area contributed by atoms with Crippen molar-refractivity contribution >= 4 is 35.9 Å². The number of Topliss-reactive ketones (excluding diaryl/α,β-unsaturated/α-hetero) is 1. The van der Waals surface area contributed by atoms with Gasteiger partial charge in [0.1, 0.15) is 35.6 Å². The number of rotatable bonds is 9. The van der Waals surface area contributed by atoms with Crippen LogP contribution in [0.25, 0.3) is 0 Å². The summed E-state index contributed by atoms with van der Waals surface area (Å²) < 4.78 is 63.3. The Bertz CT molecular complexity index is 1920. The minimum atomic E-state index is -3.53. The van der Waals surface area contributed by atoms with Crippen molar-refractivity contribution in [3.05, 3.63) is 47.0 Å². The topological polar surface area (TPSA) is 234 Å². The molecular formula is C41H54F2N2O15. The van der Waals surface area contributed by atoms with Crippen LogP contribution < -0.4 is 5.32 Å². The van der Waals surface area contributed by atoms with Crippen molar-refractivity contribution < 1.29 is 81.3 Å². The summed E-state index contributed by atoms with van der Waals surface area (Å²) in [5, 5.41) is 38.3. The van der Waals surface area contributed by atoms with Crippen LogP contribution in [-0.2, 0) is 42.8 Å². The molecule has 5 rings (SSSR count). The standard InChI is InChI=1S/C41H54F2N2O15/c1-19-22(56-34(51)27(48)26(32(42)43)44-35(52)60-37(3,4)5)17-41(54)31(58-33(50)21-14-12-11-13-15-21)29-39(8,23(47)16-24-40(29,18-55-24)59-20(2)46)30(49)28(25(19)38(41,6)7)57-36(53)45(9)10/h11-15,22-24,26-29,31-32,47-48,54H,16-18H2,1-10H3,(H,44,52)/t22-,23-,24+,26+,27+,28+,29-,31-,39+,40-,41+/m0/s1. The van der Waals surface area contributed by atoms with Crippen molar-refractivity contribution in [2.24, 2.45) is 16.7 Å². The van der Waals surface area contributed by atoms with E-state index in [0.717, 1.165) is 11.8 Å². The van der Waals surface area contributed by atoms with Gasteiger partial charge in [-0.2, -0.15) is 0 Å².